The van der Waals surface area contributed by atoms with Crippen LogP contribution in [0.3, 0.4) is 0 Å². The molecule has 4 rings (SSSR count). The zero-order chi connectivity index (χ0) is 26.4. The van der Waals surface area contributed by atoms with Gasteiger partial charge in [-0.3, -0.25) is 9.10 Å². The van der Waals surface area contributed by atoms with E-state index >= 15 is 0 Å². The van der Waals surface area contributed by atoms with Crippen LogP contribution in [-0.2, 0) is 21.2 Å². The number of amides is 1. The number of hydrogen-bond donors (Lipinski definition) is 1. The number of fused-ring (bicyclic) bond motifs is 1. The number of hydrogen-bond acceptors (Lipinski definition) is 6. The van der Waals surface area contributed by atoms with Gasteiger partial charge in [-0.15, -0.1) is 0 Å². The Bertz CT molecular complexity index is 1330. The van der Waals surface area contributed by atoms with Gasteiger partial charge in [-0.1, -0.05) is 37.1 Å². The minimum atomic E-state index is -4.02. The van der Waals surface area contributed by atoms with Crippen molar-refractivity contribution in [3.63, 3.8) is 0 Å². The van der Waals surface area contributed by atoms with E-state index in [2.05, 4.69) is 12.2 Å². The van der Waals surface area contributed by atoms with E-state index in [0.29, 0.717) is 16.5 Å². The first-order chi connectivity index (χ1) is 17.8. The Hall–Kier alpha value is -3.43. The lowest BCUT2D eigenvalue weighted by Gasteiger charge is -2.34. The minimum absolute atomic E-state index is 0.0543. The number of carbonyl (C=O) groups is 1. The average molecular weight is 545 g/mol. The maximum atomic E-state index is 13.5. The summed E-state index contributed by atoms with van der Waals surface area (Å²) in [4.78, 5) is 13.0. The summed E-state index contributed by atoms with van der Waals surface area (Å²) in [5.41, 5.74) is 1.51. The summed E-state index contributed by atoms with van der Waals surface area (Å²) in [6.07, 6.45) is 1.03. The van der Waals surface area contributed by atoms with Crippen molar-refractivity contribution in [2.24, 2.45) is 0 Å². The van der Waals surface area contributed by atoms with Gasteiger partial charge in [-0.25, -0.2) is 8.42 Å². The number of anilines is 1. The van der Waals surface area contributed by atoms with Crippen molar-refractivity contribution in [2.45, 2.75) is 30.8 Å². The molecule has 0 spiro atoms. The van der Waals surface area contributed by atoms with Gasteiger partial charge < -0.3 is 19.5 Å². The number of halogens is 1. The molecular weight excluding hydrogens is 516 g/mol. The van der Waals surface area contributed by atoms with Gasteiger partial charge in [0.15, 0.2) is 6.10 Å². The number of aryl methyl sites for hydroxylation is 1. The molecule has 3 aromatic rings. The summed E-state index contributed by atoms with van der Waals surface area (Å²) >= 11 is 6.15. The molecule has 0 unspecified atom stereocenters. The first-order valence-electron chi connectivity index (χ1n) is 11.9. The number of nitrogens with zero attached hydrogens (tertiary/aromatic N) is 1. The second-order valence-electron chi connectivity index (χ2n) is 8.46. The number of nitrogens with one attached hydrogen (secondary N) is 1. The van der Waals surface area contributed by atoms with Gasteiger partial charge >= 0.3 is 0 Å². The fraction of sp³-hybridized carbons (Fsp3) is 0.296. The van der Waals surface area contributed by atoms with E-state index in [9.17, 15) is 13.2 Å². The molecule has 0 saturated carbocycles. The van der Waals surface area contributed by atoms with Crippen LogP contribution in [0.25, 0.3) is 0 Å². The summed E-state index contributed by atoms with van der Waals surface area (Å²) in [6.45, 7) is 2.40. The van der Waals surface area contributed by atoms with E-state index in [1.54, 1.807) is 24.3 Å². The molecule has 0 aliphatic carbocycles. The van der Waals surface area contributed by atoms with Crippen molar-refractivity contribution in [1.82, 2.24) is 5.32 Å². The highest BCUT2D eigenvalue weighted by atomic mass is 35.5. The van der Waals surface area contributed by atoms with Crippen LogP contribution in [0.4, 0.5) is 5.69 Å². The lowest BCUT2D eigenvalue weighted by molar-refractivity contribution is -0.127. The van der Waals surface area contributed by atoms with Crippen LogP contribution >= 0.6 is 11.6 Å². The molecule has 1 heterocycles. The van der Waals surface area contributed by atoms with Crippen molar-refractivity contribution in [3.8, 4) is 17.2 Å². The van der Waals surface area contributed by atoms with Gasteiger partial charge in [0, 0.05) is 5.02 Å². The zero-order valence-electron chi connectivity index (χ0n) is 20.6. The molecule has 196 valence electrons. The van der Waals surface area contributed by atoms with Gasteiger partial charge in [0.25, 0.3) is 15.9 Å². The van der Waals surface area contributed by atoms with Gasteiger partial charge in [0.2, 0.25) is 0 Å². The number of sulfonamides is 1. The Balaban J connectivity index is 1.44. The molecule has 1 N–H and O–H groups in total. The van der Waals surface area contributed by atoms with E-state index in [1.165, 1.54) is 30.9 Å². The minimum Gasteiger partial charge on any atom is -0.497 e. The molecule has 1 amide bonds. The topological polar surface area (TPSA) is 94.2 Å². The summed E-state index contributed by atoms with van der Waals surface area (Å²) in [7, 11) is -2.52. The van der Waals surface area contributed by atoms with Gasteiger partial charge in [0.05, 0.1) is 30.8 Å². The van der Waals surface area contributed by atoms with Crippen LogP contribution in [0.1, 0.15) is 18.9 Å². The van der Waals surface area contributed by atoms with Crippen LogP contribution in [0.2, 0.25) is 5.02 Å². The number of ether oxygens (including phenoxy) is 3. The van der Waals surface area contributed by atoms with Crippen molar-refractivity contribution in [2.75, 3.05) is 31.1 Å². The van der Waals surface area contributed by atoms with Crippen molar-refractivity contribution in [1.29, 1.82) is 0 Å². The van der Waals surface area contributed by atoms with Crippen molar-refractivity contribution in [3.05, 3.63) is 77.3 Å². The molecule has 0 saturated heterocycles. The second-order valence-corrected chi connectivity index (χ2v) is 10.8. The summed E-state index contributed by atoms with van der Waals surface area (Å²) in [5.74, 6) is 1.04. The lowest BCUT2D eigenvalue weighted by atomic mass is 10.1. The SMILES string of the molecule is CCCc1ccc(OCCNC(=O)[C@H]2CN(S(=O)(=O)c3ccc(OC)cc3)c3cc(Cl)ccc3O2)cc1. The summed E-state index contributed by atoms with van der Waals surface area (Å²) < 4.78 is 44.9. The highest BCUT2D eigenvalue weighted by molar-refractivity contribution is 7.92. The van der Waals surface area contributed by atoms with Crippen LogP contribution < -0.4 is 23.8 Å². The molecule has 37 heavy (non-hydrogen) atoms. The standard InChI is InChI=1S/C27H29ClN2O6S/c1-3-4-19-5-8-22(9-6-19)35-16-15-29-27(31)26-18-30(24-17-20(28)7-14-25(24)36-26)37(32,33)23-12-10-21(34-2)11-13-23/h5-14,17,26H,3-4,15-16,18H2,1-2H3,(H,29,31)/t26-/m1/s1. The van der Waals surface area contributed by atoms with Crippen LogP contribution in [0.5, 0.6) is 17.2 Å². The average Bonchev–Trinajstić information content (AvgIpc) is 2.91. The van der Waals surface area contributed by atoms with Crippen LogP contribution in [0.15, 0.2) is 71.6 Å². The molecule has 3 aromatic carbocycles. The molecule has 0 radical (unpaired) electrons. The molecule has 1 aliphatic heterocycles. The van der Waals surface area contributed by atoms with Crippen LogP contribution in [0, 0.1) is 0 Å². The molecule has 0 aromatic heterocycles. The lowest BCUT2D eigenvalue weighted by Crippen LogP contribution is -2.51. The Kier molecular flexibility index (Phi) is 8.45. The summed E-state index contributed by atoms with van der Waals surface area (Å²) in [6, 6.07) is 18.5. The first kappa shape index (κ1) is 26.6. The highest BCUT2D eigenvalue weighted by Crippen LogP contribution is 2.39. The molecular formula is C27H29ClN2O6S. The van der Waals surface area contributed by atoms with Crippen LogP contribution in [-0.4, -0.2) is 47.2 Å². The van der Waals surface area contributed by atoms with E-state index in [4.69, 9.17) is 25.8 Å². The number of benzene rings is 3. The number of methoxy groups -OCH3 is 1. The van der Waals surface area contributed by atoms with E-state index in [0.717, 1.165) is 17.1 Å². The zero-order valence-corrected chi connectivity index (χ0v) is 22.2. The fourth-order valence-electron chi connectivity index (χ4n) is 3.96. The fourth-order valence-corrected chi connectivity index (χ4v) is 5.60. The Morgan fingerprint density at radius 1 is 1.08 bits per heavy atom. The first-order valence-corrected chi connectivity index (χ1v) is 13.8. The molecule has 0 fully saturated rings. The smallest absolute Gasteiger partial charge is 0.264 e. The number of rotatable bonds is 10. The van der Waals surface area contributed by atoms with Gasteiger partial charge in [-0.2, -0.15) is 0 Å². The third-order valence-electron chi connectivity index (χ3n) is 5.86. The highest BCUT2D eigenvalue weighted by Gasteiger charge is 2.37. The number of carbonyl (C=O) groups excluding carboxylic acids is 1. The largest absolute Gasteiger partial charge is 0.497 e. The monoisotopic (exact) mass is 544 g/mol. The van der Waals surface area contributed by atoms with E-state index in [1.807, 2.05) is 24.3 Å². The normalized spacial score (nSPS) is 14.9. The molecule has 1 atom stereocenters. The predicted molar refractivity (Wildman–Crippen MR) is 142 cm³/mol. The van der Waals surface area contributed by atoms with E-state index in [-0.39, 0.29) is 36.0 Å². The van der Waals surface area contributed by atoms with Gasteiger partial charge in [0.1, 0.15) is 23.9 Å². The maximum Gasteiger partial charge on any atom is 0.264 e. The second kappa shape index (κ2) is 11.7. The Morgan fingerprint density at radius 3 is 2.46 bits per heavy atom. The Morgan fingerprint density at radius 2 is 1.78 bits per heavy atom. The van der Waals surface area contributed by atoms with Crippen molar-refractivity contribution >= 4 is 33.2 Å². The molecule has 8 nitrogen and oxygen atoms in total. The van der Waals surface area contributed by atoms with E-state index < -0.39 is 22.0 Å². The molecule has 1 aliphatic rings. The Labute approximate surface area is 222 Å². The third kappa shape index (κ3) is 6.29. The van der Waals surface area contributed by atoms with Crippen molar-refractivity contribution < 1.29 is 27.4 Å². The molecule has 10 heteroatoms. The summed E-state index contributed by atoms with van der Waals surface area (Å²) in [5, 5.41) is 3.12. The predicted octanol–water partition coefficient (Wildman–Crippen LogP) is 4.45. The maximum absolute atomic E-state index is 13.5. The quantitative estimate of drug-likeness (QED) is 0.379. The van der Waals surface area contributed by atoms with Gasteiger partial charge in [-0.05, 0) is 66.6 Å². The third-order valence-corrected chi connectivity index (χ3v) is 7.89. The molecule has 0 bridgehead atoms.